The number of carbonyl (C=O) groups is 2. The lowest BCUT2D eigenvalue weighted by molar-refractivity contribution is -0.143. The third-order valence-corrected chi connectivity index (χ3v) is 4.43. The lowest BCUT2D eigenvalue weighted by Crippen LogP contribution is -2.35. The second-order valence-corrected chi connectivity index (χ2v) is 6.74. The highest BCUT2D eigenvalue weighted by Gasteiger charge is 2.41. The normalized spacial score (nSPS) is 11.8. The van der Waals surface area contributed by atoms with Crippen LogP contribution in [0.5, 0.6) is 0 Å². The summed E-state index contributed by atoms with van der Waals surface area (Å²) in [6, 6.07) is 11.3. The molecule has 0 atom stereocenters. The standard InChI is InChI=1S/C21H16F6N4O2/c22-20(23,24)14-7-4-8-15(11-14)31-17(21(25,26)27)16(12-30-31)19(33)29-10-9-28-18(32)13-5-2-1-3-6-13/h1-8,11-12H,9-10H2,(H,28,32)(H,29,33). The average molecular weight is 470 g/mol. The van der Waals surface area contributed by atoms with Crippen molar-refractivity contribution in [2.45, 2.75) is 12.4 Å². The minimum atomic E-state index is -5.08. The van der Waals surface area contributed by atoms with E-state index >= 15 is 0 Å². The van der Waals surface area contributed by atoms with Crippen LogP contribution in [0, 0.1) is 0 Å². The molecular weight excluding hydrogens is 454 g/mol. The molecule has 2 N–H and O–H groups in total. The highest BCUT2D eigenvalue weighted by Crippen LogP contribution is 2.35. The quantitative estimate of drug-likeness (QED) is 0.421. The summed E-state index contributed by atoms with van der Waals surface area (Å²) in [7, 11) is 0. The van der Waals surface area contributed by atoms with Crippen LogP contribution in [0.2, 0.25) is 0 Å². The summed E-state index contributed by atoms with van der Waals surface area (Å²) < 4.78 is 80.1. The Bertz CT molecular complexity index is 1140. The van der Waals surface area contributed by atoms with E-state index in [1.807, 2.05) is 0 Å². The van der Waals surface area contributed by atoms with E-state index in [0.717, 1.165) is 12.1 Å². The SMILES string of the molecule is O=C(NCCNC(=O)c1cnn(-c2cccc(C(F)(F)F)c2)c1C(F)(F)F)c1ccccc1. The van der Waals surface area contributed by atoms with Gasteiger partial charge in [0.15, 0.2) is 5.69 Å². The van der Waals surface area contributed by atoms with E-state index in [-0.39, 0.29) is 17.8 Å². The van der Waals surface area contributed by atoms with Crippen molar-refractivity contribution < 1.29 is 35.9 Å². The molecule has 0 radical (unpaired) electrons. The van der Waals surface area contributed by atoms with Crippen molar-refractivity contribution in [1.29, 1.82) is 0 Å². The molecule has 0 fully saturated rings. The largest absolute Gasteiger partial charge is 0.434 e. The molecule has 0 spiro atoms. The monoisotopic (exact) mass is 470 g/mol. The molecule has 0 aliphatic heterocycles. The molecular formula is C21H16F6N4O2. The first kappa shape index (κ1) is 23.8. The Kier molecular flexibility index (Phi) is 6.75. The maximum atomic E-state index is 13.7. The number of aromatic nitrogens is 2. The Morgan fingerprint density at radius 1 is 0.818 bits per heavy atom. The van der Waals surface area contributed by atoms with Crippen molar-refractivity contribution in [2.75, 3.05) is 13.1 Å². The van der Waals surface area contributed by atoms with Gasteiger partial charge in [-0.3, -0.25) is 9.59 Å². The summed E-state index contributed by atoms with van der Waals surface area (Å²) in [5.41, 5.74) is -3.69. The second kappa shape index (κ2) is 9.35. The molecule has 3 rings (SSSR count). The molecule has 0 saturated heterocycles. The first-order chi connectivity index (χ1) is 15.5. The maximum absolute atomic E-state index is 13.7. The van der Waals surface area contributed by atoms with Crippen LogP contribution in [0.15, 0.2) is 60.8 Å². The second-order valence-electron chi connectivity index (χ2n) is 6.74. The fraction of sp³-hybridized carbons (Fsp3) is 0.190. The van der Waals surface area contributed by atoms with E-state index in [0.29, 0.717) is 23.9 Å². The van der Waals surface area contributed by atoms with Gasteiger partial charge in [0.25, 0.3) is 11.8 Å². The summed E-state index contributed by atoms with van der Waals surface area (Å²) >= 11 is 0. The molecule has 3 aromatic rings. The van der Waals surface area contributed by atoms with Gasteiger partial charge in [0, 0.05) is 18.7 Å². The van der Waals surface area contributed by atoms with Crippen LogP contribution >= 0.6 is 0 Å². The Morgan fingerprint density at radius 2 is 1.45 bits per heavy atom. The number of nitrogens with zero attached hydrogens (tertiary/aromatic N) is 2. The Labute approximate surface area is 183 Å². The molecule has 33 heavy (non-hydrogen) atoms. The number of hydrogen-bond donors (Lipinski definition) is 2. The smallest absolute Gasteiger partial charge is 0.350 e. The Morgan fingerprint density at radius 3 is 2.06 bits per heavy atom. The number of nitrogens with one attached hydrogen (secondary N) is 2. The molecule has 0 bridgehead atoms. The van der Waals surface area contributed by atoms with Crippen LogP contribution in [0.4, 0.5) is 26.3 Å². The third kappa shape index (κ3) is 5.70. The van der Waals surface area contributed by atoms with Gasteiger partial charge in [0.2, 0.25) is 0 Å². The molecule has 12 heteroatoms. The lowest BCUT2D eigenvalue weighted by atomic mass is 10.1. The van der Waals surface area contributed by atoms with E-state index in [2.05, 4.69) is 15.7 Å². The van der Waals surface area contributed by atoms with Gasteiger partial charge in [0.05, 0.1) is 23.0 Å². The topological polar surface area (TPSA) is 76.0 Å². The molecule has 2 amide bonds. The molecule has 6 nitrogen and oxygen atoms in total. The number of halogens is 6. The van der Waals surface area contributed by atoms with Crippen LogP contribution in [-0.2, 0) is 12.4 Å². The number of benzene rings is 2. The van der Waals surface area contributed by atoms with Gasteiger partial charge in [-0.15, -0.1) is 0 Å². The number of carbonyl (C=O) groups excluding carboxylic acids is 2. The number of amides is 2. The summed E-state index contributed by atoms with van der Waals surface area (Å²) in [5, 5.41) is 8.22. The predicted molar refractivity (Wildman–Crippen MR) is 105 cm³/mol. The highest BCUT2D eigenvalue weighted by molar-refractivity contribution is 5.96. The van der Waals surface area contributed by atoms with Gasteiger partial charge in [-0.1, -0.05) is 24.3 Å². The molecule has 0 saturated carbocycles. The van der Waals surface area contributed by atoms with Gasteiger partial charge in [-0.2, -0.15) is 31.4 Å². The van der Waals surface area contributed by atoms with Crippen molar-refractivity contribution in [3.8, 4) is 5.69 Å². The zero-order valence-electron chi connectivity index (χ0n) is 16.7. The number of alkyl halides is 6. The zero-order chi connectivity index (χ0) is 24.2. The van der Waals surface area contributed by atoms with Crippen molar-refractivity contribution >= 4 is 11.8 Å². The fourth-order valence-corrected chi connectivity index (χ4v) is 2.94. The van der Waals surface area contributed by atoms with Gasteiger partial charge in [-0.05, 0) is 30.3 Å². The molecule has 2 aromatic carbocycles. The first-order valence-electron chi connectivity index (χ1n) is 9.43. The van der Waals surface area contributed by atoms with E-state index in [9.17, 15) is 35.9 Å². The summed E-state index contributed by atoms with van der Waals surface area (Å²) in [6.45, 7) is -0.258. The molecule has 0 aliphatic carbocycles. The maximum Gasteiger partial charge on any atom is 0.434 e. The van der Waals surface area contributed by atoms with Gasteiger partial charge < -0.3 is 10.6 Å². The lowest BCUT2D eigenvalue weighted by Gasteiger charge is -2.14. The van der Waals surface area contributed by atoms with E-state index in [1.54, 1.807) is 30.3 Å². The Balaban J connectivity index is 1.75. The summed E-state index contributed by atoms with van der Waals surface area (Å²) in [6.07, 6.45) is -9.23. The van der Waals surface area contributed by atoms with E-state index in [4.69, 9.17) is 0 Å². The zero-order valence-corrected chi connectivity index (χ0v) is 16.7. The van der Waals surface area contributed by atoms with Crippen molar-refractivity contribution in [2.24, 2.45) is 0 Å². The van der Waals surface area contributed by atoms with Crippen molar-refractivity contribution in [3.05, 3.63) is 83.2 Å². The van der Waals surface area contributed by atoms with Gasteiger partial charge >= 0.3 is 12.4 Å². The molecule has 174 valence electrons. The minimum absolute atomic E-state index is 0.0669. The predicted octanol–water partition coefficient (Wildman–Crippen LogP) is 4.07. The molecule has 1 heterocycles. The van der Waals surface area contributed by atoms with E-state index in [1.165, 1.54) is 0 Å². The van der Waals surface area contributed by atoms with Crippen LogP contribution in [0.1, 0.15) is 32.0 Å². The van der Waals surface area contributed by atoms with E-state index < -0.39 is 46.7 Å². The fourth-order valence-electron chi connectivity index (χ4n) is 2.94. The van der Waals surface area contributed by atoms with Crippen LogP contribution in [0.3, 0.4) is 0 Å². The average Bonchev–Trinajstić information content (AvgIpc) is 3.23. The summed E-state index contributed by atoms with van der Waals surface area (Å²) in [5.74, 6) is -1.58. The molecule has 0 aliphatic rings. The Hall–Kier alpha value is -3.83. The first-order valence-corrected chi connectivity index (χ1v) is 9.43. The van der Waals surface area contributed by atoms with Gasteiger partial charge in [0.1, 0.15) is 0 Å². The molecule has 1 aromatic heterocycles. The van der Waals surface area contributed by atoms with Gasteiger partial charge in [-0.25, -0.2) is 4.68 Å². The third-order valence-electron chi connectivity index (χ3n) is 4.43. The minimum Gasteiger partial charge on any atom is -0.350 e. The van der Waals surface area contributed by atoms with Crippen LogP contribution in [-0.4, -0.2) is 34.7 Å². The van der Waals surface area contributed by atoms with Crippen LogP contribution < -0.4 is 10.6 Å². The summed E-state index contributed by atoms with van der Waals surface area (Å²) in [4.78, 5) is 24.3. The van der Waals surface area contributed by atoms with Crippen molar-refractivity contribution in [3.63, 3.8) is 0 Å². The highest BCUT2D eigenvalue weighted by atomic mass is 19.4. The van der Waals surface area contributed by atoms with Crippen molar-refractivity contribution in [1.82, 2.24) is 20.4 Å². The number of hydrogen-bond acceptors (Lipinski definition) is 3. The molecule has 0 unspecified atom stereocenters. The van der Waals surface area contributed by atoms with Crippen LogP contribution in [0.25, 0.3) is 5.69 Å². The number of rotatable bonds is 6.